The topological polar surface area (TPSA) is 90.6 Å². The van der Waals surface area contributed by atoms with E-state index < -0.39 is 23.3 Å². The Morgan fingerprint density at radius 1 is 0.974 bits per heavy atom. The van der Waals surface area contributed by atoms with Crippen LogP contribution in [0.15, 0.2) is 53.3 Å². The molecular formula is C29H31ClIN3O5. The second kappa shape index (κ2) is 12.6. The van der Waals surface area contributed by atoms with Gasteiger partial charge in [-0.1, -0.05) is 60.2 Å². The summed E-state index contributed by atoms with van der Waals surface area (Å²) in [5.41, 5.74) is 0.919. The number of methoxy groups -OCH3 is 1. The first-order valence-corrected chi connectivity index (χ1v) is 14.6. The average Bonchev–Trinajstić information content (AvgIpc) is 3.24. The van der Waals surface area contributed by atoms with Crippen LogP contribution in [0.5, 0.6) is 5.75 Å². The van der Waals surface area contributed by atoms with Gasteiger partial charge in [-0.25, -0.2) is 13.9 Å². The molecule has 0 saturated carbocycles. The third-order valence-corrected chi connectivity index (χ3v) is 8.70. The number of aromatic nitrogens is 2. The highest BCUT2D eigenvalue weighted by Crippen LogP contribution is 2.36. The van der Waals surface area contributed by atoms with Crippen molar-refractivity contribution in [2.45, 2.75) is 56.0 Å². The van der Waals surface area contributed by atoms with Gasteiger partial charge in [0.2, 0.25) is 17.6 Å². The number of likely N-dealkylation sites (tertiary alicyclic amines) is 1. The number of ketones is 1. The zero-order chi connectivity index (χ0) is 28.3. The molecule has 39 heavy (non-hydrogen) atoms. The first-order valence-electron chi connectivity index (χ1n) is 12.9. The van der Waals surface area contributed by atoms with E-state index in [9.17, 15) is 19.2 Å². The predicted molar refractivity (Wildman–Crippen MR) is 159 cm³/mol. The maximum Gasteiger partial charge on any atom is 0.342 e. The number of piperidine rings is 1. The normalized spacial score (nSPS) is 17.7. The number of carbonyl (C=O) groups is 3. The fourth-order valence-electron chi connectivity index (χ4n) is 4.98. The largest absolute Gasteiger partial charge is 0.497 e. The van der Waals surface area contributed by atoms with Gasteiger partial charge in [-0.05, 0) is 60.7 Å². The van der Waals surface area contributed by atoms with Gasteiger partial charge in [0.1, 0.15) is 11.4 Å². The second-order valence-corrected chi connectivity index (χ2v) is 11.4. The predicted octanol–water partition coefficient (Wildman–Crippen LogP) is 5.78. The SMILES string of the molecule is CCC(=O)n1c(CN2CCC(c3ccc(Cl)cc3)CC2I)c(C(=O)c2ccc(OC)cc2)n(C(=O)CC)c1=O. The number of ether oxygens (including phenoxy) is 1. The van der Waals surface area contributed by atoms with Crippen LogP contribution >= 0.6 is 34.2 Å². The van der Waals surface area contributed by atoms with Gasteiger partial charge >= 0.3 is 5.69 Å². The number of hydrogen-bond acceptors (Lipinski definition) is 6. The van der Waals surface area contributed by atoms with E-state index in [1.165, 1.54) is 12.7 Å². The minimum Gasteiger partial charge on any atom is -0.497 e. The van der Waals surface area contributed by atoms with Crippen molar-refractivity contribution in [1.29, 1.82) is 0 Å². The molecule has 2 unspecified atom stereocenters. The molecule has 3 aromatic rings. The molecule has 1 saturated heterocycles. The summed E-state index contributed by atoms with van der Waals surface area (Å²) in [5.74, 6) is -0.568. The van der Waals surface area contributed by atoms with Crippen LogP contribution in [0.3, 0.4) is 0 Å². The zero-order valence-electron chi connectivity index (χ0n) is 22.2. The summed E-state index contributed by atoms with van der Waals surface area (Å²) in [6, 6.07) is 14.4. The molecule has 0 bridgehead atoms. The Bertz CT molecular complexity index is 1430. The molecule has 0 radical (unpaired) electrons. The molecule has 2 aromatic carbocycles. The van der Waals surface area contributed by atoms with Crippen molar-refractivity contribution in [1.82, 2.24) is 14.0 Å². The molecule has 2 atom stereocenters. The number of benzene rings is 2. The molecule has 10 heteroatoms. The van der Waals surface area contributed by atoms with Crippen molar-refractivity contribution >= 4 is 51.8 Å². The fourth-order valence-corrected chi connectivity index (χ4v) is 6.20. The standard InChI is InChI=1S/C29H31ClIN3O5/c1-4-25(35)33-23(17-32-15-14-20(16-24(32)31)18-6-10-21(30)11-7-18)27(34(29(33)38)26(36)5-2)28(37)19-8-12-22(39-3)13-9-19/h6-13,20,24H,4-5,14-17H2,1-3H3. The summed E-state index contributed by atoms with van der Waals surface area (Å²) in [6.45, 7) is 4.15. The maximum absolute atomic E-state index is 13.9. The summed E-state index contributed by atoms with van der Waals surface area (Å²) in [7, 11) is 1.53. The second-order valence-electron chi connectivity index (χ2n) is 9.48. The Kier molecular flexibility index (Phi) is 9.45. The lowest BCUT2D eigenvalue weighted by Gasteiger charge is -2.37. The van der Waals surface area contributed by atoms with E-state index in [-0.39, 0.29) is 34.8 Å². The summed E-state index contributed by atoms with van der Waals surface area (Å²) in [5, 5.41) is 0.695. The number of halogens is 2. The lowest BCUT2D eigenvalue weighted by molar-refractivity contribution is 0.0879. The Morgan fingerprint density at radius 3 is 2.15 bits per heavy atom. The van der Waals surface area contributed by atoms with Crippen molar-refractivity contribution < 1.29 is 19.1 Å². The van der Waals surface area contributed by atoms with Gasteiger partial charge in [0, 0.05) is 36.5 Å². The molecule has 1 aliphatic rings. The molecule has 206 valence electrons. The van der Waals surface area contributed by atoms with Crippen molar-refractivity contribution in [3.05, 3.63) is 86.6 Å². The minimum absolute atomic E-state index is 0.00790. The Morgan fingerprint density at radius 2 is 1.59 bits per heavy atom. The Balaban J connectivity index is 1.76. The molecule has 0 aliphatic carbocycles. The smallest absolute Gasteiger partial charge is 0.342 e. The van der Waals surface area contributed by atoms with Crippen LogP contribution in [0.4, 0.5) is 0 Å². The molecule has 2 heterocycles. The van der Waals surface area contributed by atoms with Crippen LogP contribution in [0.1, 0.15) is 82.3 Å². The number of rotatable bonds is 8. The zero-order valence-corrected chi connectivity index (χ0v) is 25.1. The summed E-state index contributed by atoms with van der Waals surface area (Å²) in [4.78, 5) is 55.6. The first-order chi connectivity index (χ1) is 18.7. The van der Waals surface area contributed by atoms with E-state index in [1.54, 1.807) is 38.1 Å². The Labute approximate surface area is 246 Å². The van der Waals surface area contributed by atoms with Crippen LogP contribution in [0.2, 0.25) is 5.02 Å². The molecule has 1 fully saturated rings. The number of hydrogen-bond donors (Lipinski definition) is 0. The van der Waals surface area contributed by atoms with Crippen molar-refractivity contribution in [2.75, 3.05) is 13.7 Å². The van der Waals surface area contributed by atoms with E-state index >= 15 is 0 Å². The van der Waals surface area contributed by atoms with Gasteiger partial charge in [0.15, 0.2) is 0 Å². The maximum atomic E-state index is 13.9. The van der Waals surface area contributed by atoms with E-state index in [4.69, 9.17) is 16.3 Å². The van der Waals surface area contributed by atoms with Crippen LogP contribution in [0, 0.1) is 0 Å². The summed E-state index contributed by atoms with van der Waals surface area (Å²) >= 11 is 8.44. The van der Waals surface area contributed by atoms with E-state index in [0.29, 0.717) is 28.8 Å². The van der Waals surface area contributed by atoms with Gasteiger partial charge in [0.25, 0.3) is 0 Å². The van der Waals surface area contributed by atoms with E-state index in [0.717, 1.165) is 22.0 Å². The molecule has 8 nitrogen and oxygen atoms in total. The van der Waals surface area contributed by atoms with E-state index in [2.05, 4.69) is 27.5 Å². The van der Waals surface area contributed by atoms with Crippen LogP contribution in [0.25, 0.3) is 0 Å². The average molecular weight is 664 g/mol. The molecule has 0 spiro atoms. The van der Waals surface area contributed by atoms with Gasteiger partial charge < -0.3 is 4.74 Å². The monoisotopic (exact) mass is 663 g/mol. The third-order valence-electron chi connectivity index (χ3n) is 7.15. The highest BCUT2D eigenvalue weighted by atomic mass is 127. The molecular weight excluding hydrogens is 633 g/mol. The van der Waals surface area contributed by atoms with Crippen LogP contribution < -0.4 is 10.4 Å². The Hall–Kier alpha value is -2.76. The highest BCUT2D eigenvalue weighted by molar-refractivity contribution is 14.1. The number of imidazole rings is 1. The quantitative estimate of drug-likeness (QED) is 0.131. The fraction of sp³-hybridized carbons (Fsp3) is 0.379. The lowest BCUT2D eigenvalue weighted by atomic mass is 9.89. The van der Waals surface area contributed by atoms with Crippen LogP contribution in [-0.4, -0.2) is 49.3 Å². The van der Waals surface area contributed by atoms with Crippen LogP contribution in [-0.2, 0) is 6.54 Å². The van der Waals surface area contributed by atoms with Gasteiger partial charge in [-0.3, -0.25) is 19.3 Å². The van der Waals surface area contributed by atoms with Gasteiger partial charge in [-0.2, -0.15) is 0 Å². The molecule has 0 amide bonds. The summed E-state index contributed by atoms with van der Waals surface area (Å²) in [6.07, 6.45) is 1.78. The number of nitrogens with zero attached hydrogens (tertiary/aromatic N) is 3. The van der Waals surface area contributed by atoms with Crippen molar-refractivity contribution in [3.8, 4) is 5.75 Å². The third kappa shape index (κ3) is 6.05. The lowest BCUT2D eigenvalue weighted by Crippen LogP contribution is -2.39. The minimum atomic E-state index is -0.790. The molecule has 4 rings (SSSR count). The van der Waals surface area contributed by atoms with Gasteiger partial charge in [0.05, 0.1) is 16.9 Å². The molecule has 0 N–H and O–H groups in total. The van der Waals surface area contributed by atoms with Crippen molar-refractivity contribution in [2.24, 2.45) is 0 Å². The van der Waals surface area contributed by atoms with E-state index in [1.807, 2.05) is 24.3 Å². The molecule has 1 aliphatic heterocycles. The summed E-state index contributed by atoms with van der Waals surface area (Å²) < 4.78 is 7.19. The number of carbonyl (C=O) groups excluding carboxylic acids is 3. The molecule has 1 aromatic heterocycles. The number of alkyl halides is 1. The van der Waals surface area contributed by atoms with Crippen molar-refractivity contribution in [3.63, 3.8) is 0 Å². The highest BCUT2D eigenvalue weighted by Gasteiger charge is 2.34. The van der Waals surface area contributed by atoms with Gasteiger partial charge in [-0.15, -0.1) is 0 Å². The first kappa shape index (κ1) is 29.2.